The number of nitrogens with one attached hydrogen (secondary N) is 1. The van der Waals surface area contributed by atoms with Crippen molar-refractivity contribution in [2.75, 3.05) is 19.0 Å². The fourth-order valence-electron chi connectivity index (χ4n) is 3.28. The number of aryl methyl sites for hydroxylation is 2. The number of amides is 1. The highest BCUT2D eigenvalue weighted by atomic mass is 35.5. The molecule has 0 fully saturated rings. The normalized spacial score (nSPS) is 10.9. The Morgan fingerprint density at radius 1 is 1.26 bits per heavy atom. The monoisotopic (exact) mass is 446 g/mol. The molecular formula is C21H23ClN4O5. The molecule has 9 nitrogen and oxygen atoms in total. The van der Waals surface area contributed by atoms with Crippen molar-refractivity contribution in [2.45, 2.75) is 26.8 Å². The number of rotatable bonds is 7. The van der Waals surface area contributed by atoms with Gasteiger partial charge in [-0.15, -0.1) is 0 Å². The molecule has 0 aliphatic heterocycles. The van der Waals surface area contributed by atoms with Crippen molar-refractivity contribution < 1.29 is 14.3 Å². The molecule has 0 saturated heterocycles. The summed E-state index contributed by atoms with van der Waals surface area (Å²) in [6.45, 7) is 3.55. The van der Waals surface area contributed by atoms with Crippen LogP contribution in [0.2, 0.25) is 5.02 Å². The molecule has 0 radical (unpaired) electrons. The highest BCUT2D eigenvalue weighted by Gasteiger charge is 2.20. The molecule has 31 heavy (non-hydrogen) atoms. The zero-order valence-corrected chi connectivity index (χ0v) is 18.4. The van der Waals surface area contributed by atoms with Crippen LogP contribution >= 0.6 is 11.6 Å². The van der Waals surface area contributed by atoms with E-state index in [2.05, 4.69) is 10.3 Å². The Morgan fingerprint density at radius 2 is 2.00 bits per heavy atom. The van der Waals surface area contributed by atoms with E-state index >= 15 is 0 Å². The van der Waals surface area contributed by atoms with Crippen molar-refractivity contribution in [1.82, 2.24) is 14.1 Å². The first kappa shape index (κ1) is 22.4. The quantitative estimate of drug-likeness (QED) is 0.597. The lowest BCUT2D eigenvalue weighted by Crippen LogP contribution is -2.42. The fraction of sp³-hybridized carbons (Fsp3) is 0.333. The van der Waals surface area contributed by atoms with Gasteiger partial charge in [-0.25, -0.2) is 14.3 Å². The summed E-state index contributed by atoms with van der Waals surface area (Å²) in [5, 5.41) is 3.19. The number of hydrogen-bond donors (Lipinski definition) is 1. The number of benzene rings is 1. The Labute approximate surface area is 183 Å². The molecule has 0 bridgehead atoms. The molecule has 164 valence electrons. The Morgan fingerprint density at radius 3 is 2.65 bits per heavy atom. The molecule has 0 aliphatic rings. The third-order valence-electron chi connectivity index (χ3n) is 4.79. The van der Waals surface area contributed by atoms with Crippen LogP contribution in [0, 0.1) is 0 Å². The second-order valence-electron chi connectivity index (χ2n) is 6.72. The number of pyridine rings is 1. The number of nitrogens with zero attached hydrogens (tertiary/aromatic N) is 3. The van der Waals surface area contributed by atoms with E-state index in [0.29, 0.717) is 35.2 Å². The first-order valence-electron chi connectivity index (χ1n) is 9.69. The largest absolute Gasteiger partial charge is 0.495 e. The molecular weight excluding hydrogens is 424 g/mol. The van der Waals surface area contributed by atoms with Gasteiger partial charge in [-0.1, -0.05) is 18.5 Å². The lowest BCUT2D eigenvalue weighted by molar-refractivity contribution is -0.116. The third-order valence-corrected chi connectivity index (χ3v) is 5.02. The zero-order chi connectivity index (χ0) is 22.7. The highest BCUT2D eigenvalue weighted by molar-refractivity contribution is 6.31. The van der Waals surface area contributed by atoms with Crippen molar-refractivity contribution in [3.05, 3.63) is 55.8 Å². The Bertz CT molecular complexity index is 1270. The van der Waals surface area contributed by atoms with Crippen LogP contribution in [0.5, 0.6) is 11.5 Å². The predicted molar refractivity (Wildman–Crippen MR) is 118 cm³/mol. The van der Waals surface area contributed by atoms with Gasteiger partial charge in [-0.3, -0.25) is 14.2 Å². The van der Waals surface area contributed by atoms with Crippen LogP contribution in [0.15, 0.2) is 34.0 Å². The molecule has 2 heterocycles. The van der Waals surface area contributed by atoms with Crippen LogP contribution in [-0.4, -0.2) is 33.7 Å². The van der Waals surface area contributed by atoms with Crippen LogP contribution in [0.4, 0.5) is 5.69 Å². The minimum atomic E-state index is -0.662. The standard InChI is InChI=1S/C21H23ClN4O5/c1-5-12-10-23-19-17(18(12)31-6-2)20(28)26(21(29)25(19)3)11-16(27)24-14-9-13(22)7-8-15(14)30-4/h7-10H,5-6,11H2,1-4H3,(H,24,27). The molecule has 3 rings (SSSR count). The maximum atomic E-state index is 13.2. The van der Waals surface area contributed by atoms with Crippen LogP contribution in [-0.2, 0) is 24.8 Å². The summed E-state index contributed by atoms with van der Waals surface area (Å²) < 4.78 is 13.0. The maximum absolute atomic E-state index is 13.2. The van der Waals surface area contributed by atoms with E-state index in [-0.39, 0.29) is 11.0 Å². The van der Waals surface area contributed by atoms with Gasteiger partial charge in [0.2, 0.25) is 5.91 Å². The Hall–Kier alpha value is -3.33. The Balaban J connectivity index is 2.09. The highest BCUT2D eigenvalue weighted by Crippen LogP contribution is 2.28. The molecule has 0 spiro atoms. The van der Waals surface area contributed by atoms with Gasteiger partial charge in [0.1, 0.15) is 23.4 Å². The average Bonchev–Trinajstić information content (AvgIpc) is 2.75. The number of fused-ring (bicyclic) bond motifs is 1. The summed E-state index contributed by atoms with van der Waals surface area (Å²) in [6.07, 6.45) is 2.18. The summed E-state index contributed by atoms with van der Waals surface area (Å²) in [6, 6.07) is 4.74. The number of carbonyl (C=O) groups is 1. The molecule has 0 atom stereocenters. The van der Waals surface area contributed by atoms with Gasteiger partial charge in [0, 0.05) is 23.8 Å². The summed E-state index contributed by atoms with van der Waals surface area (Å²) in [7, 11) is 2.95. The number of carbonyl (C=O) groups excluding carboxylic acids is 1. The SMILES string of the molecule is CCOc1c(CC)cnc2c1c(=O)n(CC(=O)Nc1cc(Cl)ccc1OC)c(=O)n2C. The minimum absolute atomic E-state index is 0.163. The first-order valence-corrected chi connectivity index (χ1v) is 10.1. The minimum Gasteiger partial charge on any atom is -0.495 e. The van der Waals surface area contributed by atoms with Gasteiger partial charge in [0.05, 0.1) is 19.4 Å². The van der Waals surface area contributed by atoms with Crippen LogP contribution < -0.4 is 26.0 Å². The molecule has 1 aromatic carbocycles. The average molecular weight is 447 g/mol. The van der Waals surface area contributed by atoms with Crippen LogP contribution in [0.25, 0.3) is 11.0 Å². The lowest BCUT2D eigenvalue weighted by Gasteiger charge is -2.15. The van der Waals surface area contributed by atoms with Gasteiger partial charge >= 0.3 is 5.69 Å². The summed E-state index contributed by atoms with van der Waals surface area (Å²) in [5.74, 6) is 0.185. The molecule has 0 saturated carbocycles. The van der Waals surface area contributed by atoms with Crippen molar-refractivity contribution in [3.8, 4) is 11.5 Å². The second kappa shape index (κ2) is 9.22. The van der Waals surface area contributed by atoms with E-state index < -0.39 is 23.7 Å². The van der Waals surface area contributed by atoms with Gasteiger partial charge in [0.25, 0.3) is 5.56 Å². The molecule has 0 unspecified atom stereocenters. The summed E-state index contributed by atoms with van der Waals surface area (Å²) in [4.78, 5) is 43.0. The summed E-state index contributed by atoms with van der Waals surface area (Å²) in [5.41, 5.74) is -0.0355. The molecule has 3 aromatic rings. The smallest absolute Gasteiger partial charge is 0.332 e. The molecule has 10 heteroatoms. The Kier molecular flexibility index (Phi) is 6.65. The van der Waals surface area contributed by atoms with E-state index in [9.17, 15) is 14.4 Å². The molecule has 1 N–H and O–H groups in total. The van der Waals surface area contributed by atoms with Gasteiger partial charge < -0.3 is 14.8 Å². The van der Waals surface area contributed by atoms with E-state index in [1.807, 2.05) is 6.92 Å². The number of anilines is 1. The number of hydrogen-bond acceptors (Lipinski definition) is 6. The van der Waals surface area contributed by atoms with E-state index in [1.165, 1.54) is 24.8 Å². The van der Waals surface area contributed by atoms with Gasteiger partial charge in [-0.2, -0.15) is 0 Å². The zero-order valence-electron chi connectivity index (χ0n) is 17.7. The maximum Gasteiger partial charge on any atom is 0.332 e. The topological polar surface area (TPSA) is 104 Å². The fourth-order valence-corrected chi connectivity index (χ4v) is 3.45. The molecule has 2 aromatic heterocycles. The number of halogens is 1. The third kappa shape index (κ3) is 4.27. The predicted octanol–water partition coefficient (Wildman–Crippen LogP) is 2.36. The lowest BCUT2D eigenvalue weighted by atomic mass is 10.1. The second-order valence-corrected chi connectivity index (χ2v) is 7.16. The van der Waals surface area contributed by atoms with E-state index in [0.717, 1.165) is 10.1 Å². The van der Waals surface area contributed by atoms with Crippen molar-refractivity contribution in [2.24, 2.45) is 7.05 Å². The van der Waals surface area contributed by atoms with Crippen molar-refractivity contribution in [1.29, 1.82) is 0 Å². The number of aromatic nitrogens is 3. The number of methoxy groups -OCH3 is 1. The van der Waals surface area contributed by atoms with Crippen LogP contribution in [0.3, 0.4) is 0 Å². The molecule has 0 aliphatic carbocycles. The van der Waals surface area contributed by atoms with E-state index in [1.54, 1.807) is 25.3 Å². The van der Waals surface area contributed by atoms with Crippen molar-refractivity contribution >= 4 is 34.2 Å². The van der Waals surface area contributed by atoms with Gasteiger partial charge in [-0.05, 0) is 31.5 Å². The van der Waals surface area contributed by atoms with Gasteiger partial charge in [0.15, 0.2) is 5.65 Å². The first-order chi connectivity index (χ1) is 14.8. The van der Waals surface area contributed by atoms with Crippen molar-refractivity contribution in [3.63, 3.8) is 0 Å². The van der Waals surface area contributed by atoms with Crippen LogP contribution in [0.1, 0.15) is 19.4 Å². The molecule has 1 amide bonds. The summed E-state index contributed by atoms with van der Waals surface area (Å²) >= 11 is 5.99. The number of ether oxygens (including phenoxy) is 2. The van der Waals surface area contributed by atoms with E-state index in [4.69, 9.17) is 21.1 Å².